The monoisotopic (exact) mass is 925 g/mol. The fraction of sp³-hybridized carbons (Fsp3) is 0.613. The van der Waals surface area contributed by atoms with E-state index < -0.39 is 6.10 Å². The number of carbonyl (C=O) groups is 2. The van der Waals surface area contributed by atoms with Gasteiger partial charge in [-0.3, -0.25) is 9.59 Å². The quantitative estimate of drug-likeness (QED) is 0.0374. The first-order chi connectivity index (χ1) is 33.1. The maximum atomic E-state index is 12.3. The smallest absolute Gasteiger partial charge is 0.306 e. The van der Waals surface area contributed by atoms with Crippen LogP contribution in [0.5, 0.6) is 0 Å². The highest BCUT2D eigenvalue weighted by Gasteiger charge is 2.16. The lowest BCUT2D eigenvalue weighted by Gasteiger charge is -2.15. The average molecular weight is 925 g/mol. The van der Waals surface area contributed by atoms with Crippen LogP contribution in [0, 0.1) is 0 Å². The normalized spacial score (nSPS) is 13.3. The maximum Gasteiger partial charge on any atom is 0.306 e. The van der Waals surface area contributed by atoms with Gasteiger partial charge in [-0.05, 0) is 116 Å². The lowest BCUT2D eigenvalue weighted by Crippen LogP contribution is -2.28. The number of aliphatic hydroxyl groups is 1. The van der Waals surface area contributed by atoms with E-state index in [1.165, 1.54) is 83.5 Å². The van der Waals surface area contributed by atoms with Crippen molar-refractivity contribution in [3.05, 3.63) is 134 Å². The maximum absolute atomic E-state index is 12.3. The molecule has 0 radical (unpaired) electrons. The summed E-state index contributed by atoms with van der Waals surface area (Å²) >= 11 is 0. The Morgan fingerprint density at radius 2 is 0.642 bits per heavy atom. The summed E-state index contributed by atoms with van der Waals surface area (Å²) in [5.41, 5.74) is 0. The lowest BCUT2D eigenvalue weighted by molar-refractivity contribution is -0.161. The van der Waals surface area contributed by atoms with Crippen molar-refractivity contribution >= 4 is 11.9 Å². The number of ether oxygens (including phenoxy) is 2. The molecule has 0 heterocycles. The van der Waals surface area contributed by atoms with Crippen LogP contribution in [0.15, 0.2) is 134 Å². The largest absolute Gasteiger partial charge is 0.462 e. The van der Waals surface area contributed by atoms with Gasteiger partial charge in [0.05, 0.1) is 6.61 Å². The molecule has 0 aliphatic heterocycles. The summed E-state index contributed by atoms with van der Waals surface area (Å²) in [5, 5.41) is 9.63. The zero-order chi connectivity index (χ0) is 48.5. The summed E-state index contributed by atoms with van der Waals surface area (Å²) in [7, 11) is 0. The van der Waals surface area contributed by atoms with Crippen LogP contribution in [0.2, 0.25) is 0 Å². The molecule has 5 nitrogen and oxygen atoms in total. The second-order valence-corrected chi connectivity index (χ2v) is 17.6. The summed E-state index contributed by atoms with van der Waals surface area (Å²) in [6.07, 6.45) is 84.0. The molecule has 0 rings (SSSR count). The standard InChI is InChI=1S/C62H100O5/c1-3-5-7-9-11-13-15-17-19-21-23-24-25-26-27-28-29-30-31-32-33-34-35-36-37-38-39-41-43-45-47-49-51-53-55-57-62(65)67-60(58-63)59-66-61(64)56-54-52-50-48-46-44-42-40-22-20-18-16-14-12-10-8-6-4-2/h5,7,11,13-14,16-17,19-20,22-24,26-27,29-30,32-33,35-36,38-39,60,63H,3-4,6,8-10,12,15,18,21,25,28,31,34,37,40-59H2,1-2H3/b7-5-,13-11-,16-14-,19-17-,22-20-,24-23-,27-26-,30-29-,33-32-,36-35-,39-38-. The molecule has 0 aromatic rings. The number of aliphatic hydroxyl groups excluding tert-OH is 1. The number of unbranched alkanes of at least 4 members (excludes halogenated alkanes) is 18. The summed E-state index contributed by atoms with van der Waals surface area (Å²) in [4.78, 5) is 24.5. The SMILES string of the molecule is CC/C=C\C/C=C\C/C=C\C/C=C\C/C=C\C/C=C\C/C=C\C/C=C\C/C=C\CCCCCCCCCC(=O)OC(CO)COC(=O)CCCCCCCCC/C=C\C/C=C\CCCCCC. The predicted octanol–water partition coefficient (Wildman–Crippen LogP) is 18.5. The van der Waals surface area contributed by atoms with E-state index in [9.17, 15) is 14.7 Å². The van der Waals surface area contributed by atoms with E-state index >= 15 is 0 Å². The van der Waals surface area contributed by atoms with Gasteiger partial charge in [-0.2, -0.15) is 0 Å². The van der Waals surface area contributed by atoms with Crippen LogP contribution in [0.3, 0.4) is 0 Å². The van der Waals surface area contributed by atoms with Gasteiger partial charge in [-0.25, -0.2) is 0 Å². The Hall–Kier alpha value is -3.96. The van der Waals surface area contributed by atoms with Crippen molar-refractivity contribution < 1.29 is 24.2 Å². The van der Waals surface area contributed by atoms with Crippen LogP contribution in [0.4, 0.5) is 0 Å². The van der Waals surface area contributed by atoms with Gasteiger partial charge in [0, 0.05) is 12.8 Å². The van der Waals surface area contributed by atoms with Crippen molar-refractivity contribution in [2.45, 2.75) is 232 Å². The second-order valence-electron chi connectivity index (χ2n) is 17.6. The van der Waals surface area contributed by atoms with Gasteiger partial charge < -0.3 is 14.6 Å². The Labute approximate surface area is 413 Å². The average Bonchev–Trinajstić information content (AvgIpc) is 3.33. The van der Waals surface area contributed by atoms with Crippen molar-refractivity contribution in [1.82, 2.24) is 0 Å². The van der Waals surface area contributed by atoms with Crippen LogP contribution in [-0.2, 0) is 19.1 Å². The molecular formula is C62H100O5. The molecule has 378 valence electrons. The molecule has 0 saturated heterocycles. The van der Waals surface area contributed by atoms with Crippen LogP contribution in [0.1, 0.15) is 226 Å². The Morgan fingerprint density at radius 3 is 0.970 bits per heavy atom. The first kappa shape index (κ1) is 63.0. The van der Waals surface area contributed by atoms with Crippen molar-refractivity contribution in [1.29, 1.82) is 0 Å². The van der Waals surface area contributed by atoms with Gasteiger partial charge in [0.2, 0.25) is 0 Å². The summed E-state index contributed by atoms with van der Waals surface area (Å²) < 4.78 is 10.7. The predicted molar refractivity (Wildman–Crippen MR) is 292 cm³/mol. The van der Waals surface area contributed by atoms with Crippen molar-refractivity contribution in [3.63, 3.8) is 0 Å². The summed E-state index contributed by atoms with van der Waals surface area (Å²) in [6.45, 7) is 3.99. The molecule has 1 N–H and O–H groups in total. The molecule has 0 aromatic heterocycles. The van der Waals surface area contributed by atoms with Gasteiger partial charge in [0.25, 0.3) is 0 Å². The number of rotatable bonds is 48. The van der Waals surface area contributed by atoms with E-state index in [1.807, 2.05) is 0 Å². The van der Waals surface area contributed by atoms with Crippen LogP contribution >= 0.6 is 0 Å². The first-order valence-corrected chi connectivity index (χ1v) is 27.2. The molecular weight excluding hydrogens is 825 g/mol. The van der Waals surface area contributed by atoms with Gasteiger partial charge in [0.1, 0.15) is 6.61 Å². The van der Waals surface area contributed by atoms with E-state index in [0.29, 0.717) is 12.8 Å². The minimum atomic E-state index is -0.791. The van der Waals surface area contributed by atoms with Crippen molar-refractivity contribution in [3.8, 4) is 0 Å². The molecule has 0 bridgehead atoms. The molecule has 1 unspecified atom stereocenters. The molecule has 5 heteroatoms. The Bertz CT molecular complexity index is 1420. The molecule has 0 aliphatic carbocycles. The molecule has 0 saturated carbocycles. The highest BCUT2D eigenvalue weighted by molar-refractivity contribution is 5.70. The third-order valence-corrected chi connectivity index (χ3v) is 11.2. The number of allylic oxidation sites excluding steroid dienone is 22. The Kier molecular flexibility index (Phi) is 53.0. The third kappa shape index (κ3) is 54.5. The fourth-order valence-electron chi connectivity index (χ4n) is 7.11. The Morgan fingerprint density at radius 1 is 0.358 bits per heavy atom. The van der Waals surface area contributed by atoms with Crippen LogP contribution in [0.25, 0.3) is 0 Å². The van der Waals surface area contributed by atoms with Crippen molar-refractivity contribution in [2.24, 2.45) is 0 Å². The van der Waals surface area contributed by atoms with Gasteiger partial charge in [-0.1, -0.05) is 231 Å². The molecule has 1 atom stereocenters. The highest BCUT2D eigenvalue weighted by Crippen LogP contribution is 2.13. The molecule has 0 fully saturated rings. The molecule has 0 spiro atoms. The number of hydrogen-bond donors (Lipinski definition) is 1. The summed E-state index contributed by atoms with van der Waals surface area (Å²) in [5.74, 6) is -0.620. The number of hydrogen-bond acceptors (Lipinski definition) is 5. The molecule has 0 aromatic carbocycles. The van der Waals surface area contributed by atoms with E-state index in [2.05, 4.69) is 148 Å². The van der Waals surface area contributed by atoms with E-state index in [0.717, 1.165) is 116 Å². The van der Waals surface area contributed by atoms with Crippen LogP contribution < -0.4 is 0 Å². The zero-order valence-electron chi connectivity index (χ0n) is 43.1. The highest BCUT2D eigenvalue weighted by atomic mass is 16.6. The number of carbonyl (C=O) groups excluding carboxylic acids is 2. The topological polar surface area (TPSA) is 72.8 Å². The zero-order valence-corrected chi connectivity index (χ0v) is 43.1. The second kappa shape index (κ2) is 56.4. The third-order valence-electron chi connectivity index (χ3n) is 11.2. The van der Waals surface area contributed by atoms with Gasteiger partial charge in [-0.15, -0.1) is 0 Å². The lowest BCUT2D eigenvalue weighted by atomic mass is 10.1. The molecule has 0 aliphatic rings. The van der Waals surface area contributed by atoms with Gasteiger partial charge in [0.15, 0.2) is 6.10 Å². The van der Waals surface area contributed by atoms with Crippen molar-refractivity contribution in [2.75, 3.05) is 13.2 Å². The first-order valence-electron chi connectivity index (χ1n) is 27.2. The van der Waals surface area contributed by atoms with Crippen LogP contribution in [-0.4, -0.2) is 36.4 Å². The Balaban J connectivity index is 3.63. The molecule has 67 heavy (non-hydrogen) atoms. The number of esters is 2. The van der Waals surface area contributed by atoms with Gasteiger partial charge >= 0.3 is 11.9 Å². The van der Waals surface area contributed by atoms with E-state index in [1.54, 1.807) is 0 Å². The minimum absolute atomic E-state index is 0.0822. The van der Waals surface area contributed by atoms with E-state index in [-0.39, 0.29) is 25.2 Å². The fourth-order valence-corrected chi connectivity index (χ4v) is 7.11. The minimum Gasteiger partial charge on any atom is -0.462 e. The summed E-state index contributed by atoms with van der Waals surface area (Å²) in [6, 6.07) is 0. The molecule has 0 amide bonds. The van der Waals surface area contributed by atoms with E-state index in [4.69, 9.17) is 9.47 Å².